The number of aliphatic hydroxyl groups is 1. The highest BCUT2D eigenvalue weighted by atomic mass is 19.1. The van der Waals surface area contributed by atoms with E-state index in [-0.39, 0.29) is 12.5 Å². The Hall–Kier alpha value is -2.87. The minimum atomic E-state index is -0.817. The summed E-state index contributed by atoms with van der Waals surface area (Å²) < 4.78 is 26.7. The summed E-state index contributed by atoms with van der Waals surface area (Å²) in [5, 5.41) is 14.8. The summed E-state index contributed by atoms with van der Waals surface area (Å²) in [6, 6.07) is 5.05. The second-order valence-corrected chi connectivity index (χ2v) is 6.93. The van der Waals surface area contributed by atoms with Crippen molar-refractivity contribution in [3.8, 4) is 22.6 Å². The van der Waals surface area contributed by atoms with Gasteiger partial charge in [0.1, 0.15) is 0 Å². The smallest absolute Gasteiger partial charge is 0.231 e. The molecule has 3 N–H and O–H groups in total. The standard InChI is InChI=1S/C18H19FN4O3/c1-18(2,24)5-6-23-17-12(16(20)22-23)7-10(8-21-17)11-3-4-13-15(14(11)19)26-9-25-13/h3-4,7-8,24H,5-6,9H2,1-2H3,(H2,20,22). The van der Waals surface area contributed by atoms with Gasteiger partial charge in [0.25, 0.3) is 0 Å². The van der Waals surface area contributed by atoms with Crippen molar-refractivity contribution in [2.75, 3.05) is 12.5 Å². The van der Waals surface area contributed by atoms with E-state index in [4.69, 9.17) is 15.2 Å². The molecule has 8 heteroatoms. The van der Waals surface area contributed by atoms with Crippen LogP contribution in [0.5, 0.6) is 11.5 Å². The van der Waals surface area contributed by atoms with E-state index < -0.39 is 11.4 Å². The molecule has 26 heavy (non-hydrogen) atoms. The third-order valence-corrected chi connectivity index (χ3v) is 4.34. The summed E-state index contributed by atoms with van der Waals surface area (Å²) >= 11 is 0. The Morgan fingerprint density at radius 2 is 2.15 bits per heavy atom. The van der Waals surface area contributed by atoms with Gasteiger partial charge in [-0.25, -0.2) is 14.1 Å². The molecule has 0 atom stereocenters. The minimum Gasteiger partial charge on any atom is -0.453 e. The molecule has 7 nitrogen and oxygen atoms in total. The first-order valence-electron chi connectivity index (χ1n) is 8.26. The van der Waals surface area contributed by atoms with Gasteiger partial charge < -0.3 is 20.3 Å². The third kappa shape index (κ3) is 2.82. The van der Waals surface area contributed by atoms with E-state index >= 15 is 0 Å². The van der Waals surface area contributed by atoms with Crippen LogP contribution in [0.1, 0.15) is 20.3 Å². The number of benzene rings is 1. The summed E-state index contributed by atoms with van der Waals surface area (Å²) in [6.45, 7) is 3.95. The average Bonchev–Trinajstić information content (AvgIpc) is 3.18. The number of nitrogens with zero attached hydrogens (tertiary/aromatic N) is 3. The lowest BCUT2D eigenvalue weighted by Crippen LogP contribution is -2.21. The molecule has 1 aliphatic rings. The Labute approximate surface area is 149 Å². The van der Waals surface area contributed by atoms with Crippen molar-refractivity contribution in [1.29, 1.82) is 0 Å². The van der Waals surface area contributed by atoms with Crippen LogP contribution in [-0.2, 0) is 6.54 Å². The lowest BCUT2D eigenvalue weighted by molar-refractivity contribution is 0.0655. The van der Waals surface area contributed by atoms with Crippen molar-refractivity contribution in [2.45, 2.75) is 32.4 Å². The van der Waals surface area contributed by atoms with Gasteiger partial charge in [-0.2, -0.15) is 5.10 Å². The van der Waals surface area contributed by atoms with Crippen molar-refractivity contribution in [3.63, 3.8) is 0 Å². The predicted octanol–water partition coefficient (Wildman–Crippen LogP) is 2.71. The molecule has 0 radical (unpaired) electrons. The lowest BCUT2D eigenvalue weighted by Gasteiger charge is -2.16. The zero-order valence-electron chi connectivity index (χ0n) is 14.5. The normalized spacial score (nSPS) is 13.5. The number of hydrogen-bond donors (Lipinski definition) is 2. The van der Waals surface area contributed by atoms with Crippen LogP contribution in [0.3, 0.4) is 0 Å². The van der Waals surface area contributed by atoms with Crippen LogP contribution in [0.4, 0.5) is 10.2 Å². The molecule has 136 valence electrons. The number of nitrogens with two attached hydrogens (primary N) is 1. The quantitative estimate of drug-likeness (QED) is 0.744. The van der Waals surface area contributed by atoms with E-state index in [0.717, 1.165) is 0 Å². The van der Waals surface area contributed by atoms with Crippen LogP contribution < -0.4 is 15.2 Å². The second-order valence-electron chi connectivity index (χ2n) is 6.93. The van der Waals surface area contributed by atoms with Gasteiger partial charge in [0.2, 0.25) is 12.5 Å². The number of rotatable bonds is 4. The van der Waals surface area contributed by atoms with Gasteiger partial charge in [0.15, 0.2) is 23.0 Å². The molecule has 0 saturated carbocycles. The Morgan fingerprint density at radius 3 is 2.92 bits per heavy atom. The molecule has 1 aromatic carbocycles. The Kier molecular flexibility index (Phi) is 3.73. The zero-order valence-corrected chi connectivity index (χ0v) is 14.5. The summed E-state index contributed by atoms with van der Waals surface area (Å²) in [4.78, 5) is 4.41. The fourth-order valence-corrected chi connectivity index (χ4v) is 2.93. The van der Waals surface area contributed by atoms with E-state index in [1.54, 1.807) is 42.9 Å². The van der Waals surface area contributed by atoms with Crippen molar-refractivity contribution >= 4 is 16.9 Å². The van der Waals surface area contributed by atoms with E-state index in [1.807, 2.05) is 0 Å². The maximum Gasteiger partial charge on any atom is 0.231 e. The Bertz CT molecular complexity index is 994. The summed E-state index contributed by atoms with van der Waals surface area (Å²) in [7, 11) is 0. The van der Waals surface area contributed by atoms with Gasteiger partial charge in [0, 0.05) is 23.9 Å². The third-order valence-electron chi connectivity index (χ3n) is 4.34. The maximum absolute atomic E-state index is 14.7. The largest absolute Gasteiger partial charge is 0.453 e. The number of anilines is 1. The molecule has 0 unspecified atom stereocenters. The molecule has 3 heterocycles. The topological polar surface area (TPSA) is 95.4 Å². The SMILES string of the molecule is CC(C)(O)CCn1nc(N)c2cc(-c3ccc4c(c3F)OCO4)cnc21. The van der Waals surface area contributed by atoms with Gasteiger partial charge in [-0.15, -0.1) is 0 Å². The highest BCUT2D eigenvalue weighted by molar-refractivity contribution is 5.90. The molecule has 0 amide bonds. The Balaban J connectivity index is 1.74. The number of halogens is 1. The number of ether oxygens (including phenoxy) is 2. The van der Waals surface area contributed by atoms with Gasteiger partial charge in [0.05, 0.1) is 11.0 Å². The number of aryl methyl sites for hydroxylation is 1. The first kappa shape index (κ1) is 16.6. The van der Waals surface area contributed by atoms with Crippen LogP contribution in [0, 0.1) is 5.82 Å². The molecule has 0 aliphatic carbocycles. The van der Waals surface area contributed by atoms with Crippen molar-refractivity contribution in [3.05, 3.63) is 30.2 Å². The zero-order chi connectivity index (χ0) is 18.5. The number of fused-ring (bicyclic) bond motifs is 2. The number of hydrogen-bond acceptors (Lipinski definition) is 6. The molecule has 2 aromatic heterocycles. The van der Waals surface area contributed by atoms with Crippen LogP contribution in [-0.4, -0.2) is 32.3 Å². The first-order valence-corrected chi connectivity index (χ1v) is 8.26. The molecule has 0 spiro atoms. The second kappa shape index (κ2) is 5.84. The fraction of sp³-hybridized carbons (Fsp3) is 0.333. The van der Waals surface area contributed by atoms with E-state index in [2.05, 4.69) is 10.1 Å². The highest BCUT2D eigenvalue weighted by Gasteiger charge is 2.23. The molecular weight excluding hydrogens is 339 g/mol. The van der Waals surface area contributed by atoms with Crippen molar-refractivity contribution in [1.82, 2.24) is 14.8 Å². The highest BCUT2D eigenvalue weighted by Crippen LogP contribution is 2.40. The van der Waals surface area contributed by atoms with Gasteiger partial charge in [-0.1, -0.05) is 0 Å². The summed E-state index contributed by atoms with van der Waals surface area (Å²) in [6.07, 6.45) is 2.08. The molecule has 0 fully saturated rings. The van der Waals surface area contributed by atoms with Gasteiger partial charge in [-0.3, -0.25) is 0 Å². The van der Waals surface area contributed by atoms with E-state index in [1.165, 1.54) is 0 Å². The molecule has 0 bridgehead atoms. The first-order chi connectivity index (χ1) is 12.3. The molecule has 4 rings (SSSR count). The minimum absolute atomic E-state index is 0.00785. The van der Waals surface area contributed by atoms with Crippen LogP contribution in [0.15, 0.2) is 24.4 Å². The van der Waals surface area contributed by atoms with Crippen molar-refractivity contribution in [2.24, 2.45) is 0 Å². The van der Waals surface area contributed by atoms with Crippen molar-refractivity contribution < 1.29 is 19.0 Å². The summed E-state index contributed by atoms with van der Waals surface area (Å²) in [5.74, 6) is 0.316. The Morgan fingerprint density at radius 1 is 1.35 bits per heavy atom. The maximum atomic E-state index is 14.7. The number of aromatic nitrogens is 3. The average molecular weight is 358 g/mol. The molecule has 0 saturated heterocycles. The van der Waals surface area contributed by atoms with Crippen LogP contribution in [0.2, 0.25) is 0 Å². The van der Waals surface area contributed by atoms with Gasteiger partial charge >= 0.3 is 0 Å². The van der Waals surface area contributed by atoms with E-state index in [9.17, 15) is 9.50 Å². The molecule has 1 aliphatic heterocycles. The van der Waals surface area contributed by atoms with Crippen LogP contribution >= 0.6 is 0 Å². The molecule has 3 aromatic rings. The monoisotopic (exact) mass is 358 g/mol. The van der Waals surface area contributed by atoms with Crippen LogP contribution in [0.25, 0.3) is 22.2 Å². The molecular formula is C18H19FN4O3. The van der Waals surface area contributed by atoms with E-state index in [0.29, 0.717) is 46.7 Å². The number of nitrogen functional groups attached to an aromatic ring is 1. The summed E-state index contributed by atoms with van der Waals surface area (Å²) in [5.41, 5.74) is 6.72. The predicted molar refractivity (Wildman–Crippen MR) is 94.4 cm³/mol. The number of pyridine rings is 1. The lowest BCUT2D eigenvalue weighted by atomic mass is 10.0. The fourth-order valence-electron chi connectivity index (χ4n) is 2.93. The van der Waals surface area contributed by atoms with Gasteiger partial charge in [-0.05, 0) is 38.5 Å².